The minimum Gasteiger partial charge on any atom is -0.480 e. The van der Waals surface area contributed by atoms with Gasteiger partial charge < -0.3 is 105 Å². The standard InChI is InChI=1S/C13H22N2O4.C12H20N2O5.C10H18N2O5.C9H18N2O4.C9H16N2O2.C5H10N2O3/c1-6-11(17)14-8-7-10(9(2)16)15-12(18)19-13(3,4)5;1-5-9(15)13-7-6-8(10(16)17)14-11(18)19-12(2,3)4;1-10(2,3)17-9(16)12-6(8(14)15)4-5-7(11)13;1-9(2,3)15-8(14)11-6(4-5-10)7(12)13;1-4-9(13)11-6-5-8(10-3)7(2)12;6-3(5(9)10)1-2-4(7)8/h6,10H,1,7-8H2,2-5H3,(H,14,17)(H,15,18);5,8H,1,6-7H2,2-4H3,(H,13,15)(H,14,18)(H,16,17);6H,4-5H2,1-3H3,(H2,11,13)(H,12,16)(H,14,15);6H,4-5,10H2,1-3H3,(H,11,14)(H,12,13);4,8,10H,1,5-6H2,2-3H3,(H,11,13);3H,1-2,6H2,(H2,7,8)(H,9,10). The van der Waals surface area contributed by atoms with Crippen LogP contribution in [0.25, 0.3) is 0 Å². The molecule has 35 heteroatoms. The van der Waals surface area contributed by atoms with E-state index in [1.165, 1.54) is 19.9 Å². The Labute approximate surface area is 542 Å². The zero-order valence-electron chi connectivity index (χ0n) is 56.2. The van der Waals surface area contributed by atoms with Gasteiger partial charge in [-0.25, -0.2) is 33.6 Å². The number of aliphatic carboxylic acids is 4. The number of likely N-dealkylation sites (N-methyl/N-ethyl adjacent to an activating group) is 1. The monoisotopic (exact) mass is 1340 g/mol. The van der Waals surface area contributed by atoms with E-state index in [4.69, 9.17) is 62.3 Å². The molecule has 0 aromatic carbocycles. The lowest BCUT2D eigenvalue weighted by atomic mass is 10.1. The second kappa shape index (κ2) is 50.4. The van der Waals surface area contributed by atoms with Crippen molar-refractivity contribution in [1.82, 2.24) is 42.5 Å². The van der Waals surface area contributed by atoms with Gasteiger partial charge in [-0.05, 0) is 167 Å². The molecule has 6 unspecified atom stereocenters. The summed E-state index contributed by atoms with van der Waals surface area (Å²) in [5, 5.41) is 54.2. The lowest BCUT2D eigenvalue weighted by Gasteiger charge is -2.22. The SMILES string of the molecule is C=CC(=O)NCCC(NC(=O)OC(C)(C)C)C(=O)O.C=CC(=O)NCCC(NC(=O)OC(C)(C)C)C(C)=O.C=CC(=O)NCCC(NC)C(C)=O.CC(C)(C)OC(=O)NC(CCC(N)=O)C(=O)O.CC(C)(C)OC(=O)NC(CCN)C(=O)O.NC(=O)CCC(N)C(=O)O. The van der Waals surface area contributed by atoms with Crippen molar-refractivity contribution in [3.05, 3.63) is 38.0 Å². The Kier molecular flexibility index (Phi) is 51.4. The van der Waals surface area contributed by atoms with Crippen LogP contribution in [-0.4, -0.2) is 202 Å². The van der Waals surface area contributed by atoms with Gasteiger partial charge in [0.25, 0.3) is 0 Å². The van der Waals surface area contributed by atoms with Gasteiger partial charge in [0.05, 0.1) is 12.1 Å². The van der Waals surface area contributed by atoms with Crippen molar-refractivity contribution in [3.63, 3.8) is 0 Å². The first-order valence-corrected chi connectivity index (χ1v) is 28.6. The highest BCUT2D eigenvalue weighted by Crippen LogP contribution is 2.11. The Balaban J connectivity index is -0.000000247. The Bertz CT molecular complexity index is 2380. The van der Waals surface area contributed by atoms with Gasteiger partial charge in [0.15, 0.2) is 5.78 Å². The van der Waals surface area contributed by atoms with E-state index in [9.17, 15) is 71.9 Å². The number of carbonyl (C=O) groups is 15. The molecular formula is C58H104N12O23. The van der Waals surface area contributed by atoms with Crippen LogP contribution in [-0.2, 0) is 71.7 Å². The van der Waals surface area contributed by atoms with Crippen LogP contribution in [0.15, 0.2) is 38.0 Å². The molecule has 35 nitrogen and oxygen atoms in total. The Morgan fingerprint density at radius 2 is 0.656 bits per heavy atom. The van der Waals surface area contributed by atoms with E-state index in [0.717, 1.165) is 12.2 Å². The van der Waals surface area contributed by atoms with E-state index in [1.807, 2.05) is 0 Å². The predicted molar refractivity (Wildman–Crippen MR) is 339 cm³/mol. The molecule has 0 fully saturated rings. The molecule has 0 aliphatic heterocycles. The Hall–Kier alpha value is -9.25. The van der Waals surface area contributed by atoms with Crippen molar-refractivity contribution in [2.75, 3.05) is 33.2 Å². The van der Waals surface area contributed by atoms with Gasteiger partial charge in [0.1, 0.15) is 52.4 Å². The molecule has 0 spiro atoms. The van der Waals surface area contributed by atoms with Crippen LogP contribution in [0.4, 0.5) is 19.2 Å². The summed E-state index contributed by atoms with van der Waals surface area (Å²) >= 11 is 0. The molecule has 0 aliphatic carbocycles. The molecule has 6 atom stereocenters. The lowest BCUT2D eigenvalue weighted by molar-refractivity contribution is -0.140. The molecule has 0 bridgehead atoms. The van der Waals surface area contributed by atoms with Crippen molar-refractivity contribution in [1.29, 1.82) is 0 Å². The van der Waals surface area contributed by atoms with Gasteiger partial charge in [-0.15, -0.1) is 0 Å². The average Bonchev–Trinajstić information content (AvgIpc) is 1.35. The molecule has 0 aromatic heterocycles. The lowest BCUT2D eigenvalue weighted by Crippen LogP contribution is -2.45. The molecule has 0 radical (unpaired) electrons. The number of nitrogens with one attached hydrogen (secondary N) is 8. The molecule has 0 saturated carbocycles. The van der Waals surface area contributed by atoms with Crippen LogP contribution in [0, 0.1) is 0 Å². The maximum Gasteiger partial charge on any atom is 0.408 e. The number of amides is 9. The number of ether oxygens (including phenoxy) is 4. The minimum absolute atomic E-state index is 0.0213. The van der Waals surface area contributed by atoms with E-state index in [2.05, 4.69) is 62.3 Å². The molecule has 0 aromatic rings. The van der Waals surface area contributed by atoms with E-state index in [1.54, 1.807) is 90.1 Å². The van der Waals surface area contributed by atoms with Gasteiger partial charge in [0, 0.05) is 32.5 Å². The van der Waals surface area contributed by atoms with Crippen LogP contribution < -0.4 is 65.5 Å². The molecule has 0 rings (SSSR count). The van der Waals surface area contributed by atoms with Crippen LogP contribution >= 0.6 is 0 Å². The third-order valence-electron chi connectivity index (χ3n) is 9.89. The van der Waals surface area contributed by atoms with E-state index >= 15 is 0 Å². The average molecular weight is 1340 g/mol. The zero-order chi connectivity index (χ0) is 74.2. The highest BCUT2D eigenvalue weighted by molar-refractivity contribution is 5.89. The summed E-state index contributed by atoms with van der Waals surface area (Å²) in [6, 6.07) is -5.14. The maximum atomic E-state index is 11.5. The molecular weight excluding hydrogens is 1230 g/mol. The summed E-state index contributed by atoms with van der Waals surface area (Å²) in [6.45, 7) is 34.1. The van der Waals surface area contributed by atoms with Crippen molar-refractivity contribution < 1.29 is 111 Å². The first-order chi connectivity index (χ1) is 42.3. The second-order valence-electron chi connectivity index (χ2n) is 23.3. The minimum atomic E-state index is -1.24. The highest BCUT2D eigenvalue weighted by Gasteiger charge is 2.27. The Morgan fingerprint density at radius 3 is 0.882 bits per heavy atom. The topological polar surface area (TPSA) is 574 Å². The van der Waals surface area contributed by atoms with Crippen LogP contribution in [0.2, 0.25) is 0 Å². The van der Waals surface area contributed by atoms with Crippen molar-refractivity contribution >= 4 is 89.4 Å². The summed E-state index contributed by atoms with van der Waals surface area (Å²) in [6.07, 6.45) is 1.45. The Morgan fingerprint density at radius 1 is 0.409 bits per heavy atom. The molecule has 0 aliphatic rings. The van der Waals surface area contributed by atoms with Crippen LogP contribution in [0.5, 0.6) is 0 Å². The number of carboxylic acid groups (broad SMARTS) is 4. The van der Waals surface area contributed by atoms with Crippen LogP contribution in [0.3, 0.4) is 0 Å². The number of primary amides is 2. The molecule has 0 heterocycles. The summed E-state index contributed by atoms with van der Waals surface area (Å²) in [7, 11) is 1.72. The van der Waals surface area contributed by atoms with Crippen molar-refractivity contribution in [2.24, 2.45) is 22.9 Å². The third kappa shape index (κ3) is 67.0. The number of carboxylic acids is 4. The second-order valence-corrected chi connectivity index (χ2v) is 23.3. The van der Waals surface area contributed by atoms with Gasteiger partial charge >= 0.3 is 48.3 Å². The summed E-state index contributed by atoms with van der Waals surface area (Å²) in [5.41, 5.74) is 17.2. The molecule has 93 heavy (non-hydrogen) atoms. The number of ketones is 2. The number of Topliss-reactive ketones (excluding diaryl/α,β-unsaturated/α-hetero) is 2. The third-order valence-corrected chi connectivity index (χ3v) is 9.89. The normalized spacial score (nSPS) is 12.4. The van der Waals surface area contributed by atoms with E-state index < -0.39 is 119 Å². The molecule has 534 valence electrons. The molecule has 9 amide bonds. The largest absolute Gasteiger partial charge is 0.480 e. The fourth-order valence-electron chi connectivity index (χ4n) is 5.61. The quantitative estimate of drug-likeness (QED) is 0.0338. The summed E-state index contributed by atoms with van der Waals surface area (Å²) < 4.78 is 19.8. The first-order valence-electron chi connectivity index (χ1n) is 28.6. The predicted octanol–water partition coefficient (Wildman–Crippen LogP) is 0.880. The van der Waals surface area contributed by atoms with Gasteiger partial charge in [0.2, 0.25) is 29.5 Å². The van der Waals surface area contributed by atoms with Crippen LogP contribution in [0.1, 0.15) is 148 Å². The number of rotatable bonds is 31. The van der Waals surface area contributed by atoms with E-state index in [-0.39, 0.29) is 87.6 Å². The number of carbonyl (C=O) groups excluding carboxylic acids is 11. The highest BCUT2D eigenvalue weighted by atomic mass is 16.6. The number of hydrogen-bond acceptors (Lipinski definition) is 22. The molecule has 20 N–H and O–H groups in total. The maximum absolute atomic E-state index is 11.5. The number of alkyl carbamates (subject to hydrolysis) is 4. The van der Waals surface area contributed by atoms with E-state index in [0.29, 0.717) is 19.4 Å². The zero-order valence-corrected chi connectivity index (χ0v) is 56.2. The van der Waals surface area contributed by atoms with Gasteiger partial charge in [-0.3, -0.25) is 38.4 Å². The first kappa shape index (κ1) is 94.9. The molecule has 0 saturated heterocycles. The van der Waals surface area contributed by atoms with Gasteiger partial charge in [-0.1, -0.05) is 19.7 Å². The number of nitrogens with two attached hydrogens (primary N) is 4. The summed E-state index contributed by atoms with van der Waals surface area (Å²) in [4.78, 5) is 163. The smallest absolute Gasteiger partial charge is 0.408 e. The van der Waals surface area contributed by atoms with Gasteiger partial charge in [-0.2, -0.15) is 0 Å². The fourth-order valence-corrected chi connectivity index (χ4v) is 5.61. The van der Waals surface area contributed by atoms with Crippen molar-refractivity contribution in [3.8, 4) is 0 Å². The number of hydrogen-bond donors (Lipinski definition) is 16. The fraction of sp³-hybridized carbons (Fsp3) is 0.638. The van der Waals surface area contributed by atoms with Crippen molar-refractivity contribution in [2.45, 2.75) is 207 Å². The summed E-state index contributed by atoms with van der Waals surface area (Å²) in [5.74, 6) is -6.87.